The van der Waals surface area contributed by atoms with Crippen LogP contribution in [0.5, 0.6) is 0 Å². The summed E-state index contributed by atoms with van der Waals surface area (Å²) in [6, 6.07) is 8.70. The van der Waals surface area contributed by atoms with Crippen LogP contribution in [0.25, 0.3) is 0 Å². The number of thioether (sulfide) groups is 1. The van der Waals surface area contributed by atoms with Crippen molar-refractivity contribution in [3.8, 4) is 0 Å². The zero-order valence-electron chi connectivity index (χ0n) is 13.2. The van der Waals surface area contributed by atoms with Gasteiger partial charge in [0.2, 0.25) is 12.2 Å². The Hall–Kier alpha value is -1.28. The quantitative estimate of drug-likeness (QED) is 0.364. The molecule has 0 aromatic heterocycles. The van der Waals surface area contributed by atoms with Gasteiger partial charge in [-0.15, -0.1) is 23.4 Å². The van der Waals surface area contributed by atoms with Crippen LogP contribution in [-0.4, -0.2) is 53.5 Å². The summed E-state index contributed by atoms with van der Waals surface area (Å²) in [6.45, 7) is 0.227. The minimum Gasteiger partial charge on any atom is -0.431 e. The number of β-lactam (4-membered cyclic amide) rings is 1. The van der Waals surface area contributed by atoms with E-state index in [1.54, 1.807) is 4.90 Å². The Kier molecular flexibility index (Phi) is 5.05. The van der Waals surface area contributed by atoms with E-state index >= 15 is 0 Å². The minimum atomic E-state index is -0.954. The van der Waals surface area contributed by atoms with Crippen LogP contribution in [0, 0.1) is 5.41 Å². The molecule has 24 heavy (non-hydrogen) atoms. The Morgan fingerprint density at radius 3 is 2.83 bits per heavy atom. The number of nitrogens with zero attached hydrogens (tertiary/aromatic N) is 1. The summed E-state index contributed by atoms with van der Waals surface area (Å²) in [5, 5.41) is -0.0750. The topological polar surface area (TPSA) is 81.9 Å². The van der Waals surface area contributed by atoms with Gasteiger partial charge in [-0.2, -0.15) is 0 Å². The summed E-state index contributed by atoms with van der Waals surface area (Å²) in [6.07, 6.45) is -0.809. The van der Waals surface area contributed by atoms with Crippen LogP contribution >= 0.6 is 23.4 Å². The van der Waals surface area contributed by atoms with E-state index in [0.29, 0.717) is 5.75 Å². The molecule has 2 aliphatic rings. The Bertz CT molecular complexity index is 632. The molecular formula is C16H19ClN2O4S. The predicted molar refractivity (Wildman–Crippen MR) is 91.4 cm³/mol. The molecule has 0 bridgehead atoms. The molecule has 0 saturated carbocycles. The fourth-order valence-corrected chi connectivity index (χ4v) is 4.76. The Balaban J connectivity index is 1.73. The molecule has 1 aromatic carbocycles. The van der Waals surface area contributed by atoms with Gasteiger partial charge in [0.1, 0.15) is 16.8 Å². The van der Waals surface area contributed by atoms with Crippen LogP contribution in [-0.2, 0) is 19.1 Å². The Labute approximate surface area is 149 Å². The molecule has 0 radical (unpaired) electrons. The molecule has 0 spiro atoms. The highest BCUT2D eigenvalue weighted by molar-refractivity contribution is 8.00. The van der Waals surface area contributed by atoms with E-state index in [1.807, 2.05) is 30.3 Å². The molecule has 3 unspecified atom stereocenters. The Morgan fingerprint density at radius 2 is 2.21 bits per heavy atom. The fraction of sp³-hybridized carbons (Fsp3) is 0.500. The van der Waals surface area contributed by atoms with Gasteiger partial charge in [-0.1, -0.05) is 30.3 Å². The number of hydrogen-bond donors (Lipinski definition) is 1. The summed E-state index contributed by atoms with van der Waals surface area (Å²) in [7, 11) is 1.47. The second kappa shape index (κ2) is 6.92. The van der Waals surface area contributed by atoms with Gasteiger partial charge in [-0.25, -0.2) is 0 Å². The van der Waals surface area contributed by atoms with E-state index in [0.717, 1.165) is 5.56 Å². The third-order valence-electron chi connectivity index (χ3n) is 4.37. The monoisotopic (exact) mass is 370 g/mol. The number of fused-ring (bicyclic) bond motifs is 1. The van der Waals surface area contributed by atoms with E-state index in [1.165, 1.54) is 18.9 Å². The maximum Gasteiger partial charge on any atom is 0.318 e. The van der Waals surface area contributed by atoms with Crippen LogP contribution in [0.15, 0.2) is 30.3 Å². The standard InChI is InChI=1S/C16H19ClN2O4S/c1-22-14(10-5-3-2-4-6-10)23-15(21)16(7-17)8-19-12(20)11(18)13(19)24-9-16/h2-6,11,13-14H,7-9,18H2,1H3/t11?,13-,14?,16?/m1/s1. The summed E-state index contributed by atoms with van der Waals surface area (Å²) in [4.78, 5) is 26.3. The molecule has 6 nitrogen and oxygen atoms in total. The lowest BCUT2D eigenvalue weighted by molar-refractivity contribution is -0.187. The Morgan fingerprint density at radius 1 is 1.50 bits per heavy atom. The number of benzene rings is 1. The second-order valence-corrected chi connectivity index (χ2v) is 7.36. The third kappa shape index (κ3) is 2.90. The van der Waals surface area contributed by atoms with Gasteiger partial charge >= 0.3 is 5.97 Å². The number of methoxy groups -OCH3 is 1. The van der Waals surface area contributed by atoms with Crippen LogP contribution in [0.4, 0.5) is 0 Å². The molecule has 130 valence electrons. The van der Waals surface area contributed by atoms with E-state index < -0.39 is 23.7 Å². The van der Waals surface area contributed by atoms with Crippen LogP contribution in [0.3, 0.4) is 0 Å². The zero-order chi connectivity index (χ0) is 17.3. The minimum absolute atomic E-state index is 0.0653. The predicted octanol–water partition coefficient (Wildman–Crippen LogP) is 1.34. The molecule has 2 saturated heterocycles. The highest BCUT2D eigenvalue weighted by atomic mass is 35.5. The van der Waals surface area contributed by atoms with Gasteiger partial charge in [-0.3, -0.25) is 9.59 Å². The van der Waals surface area contributed by atoms with Gasteiger partial charge in [-0.05, 0) is 0 Å². The first-order valence-corrected chi connectivity index (χ1v) is 9.13. The first-order valence-electron chi connectivity index (χ1n) is 7.55. The largest absolute Gasteiger partial charge is 0.431 e. The maximum absolute atomic E-state index is 12.8. The van der Waals surface area contributed by atoms with Gasteiger partial charge < -0.3 is 20.1 Å². The molecule has 0 aliphatic carbocycles. The SMILES string of the molecule is COC(OC(=O)C1(CCl)CS[C@@H]2C(N)C(=O)N2C1)c1ccccc1. The smallest absolute Gasteiger partial charge is 0.318 e. The highest BCUT2D eigenvalue weighted by Crippen LogP contribution is 2.43. The molecule has 2 heterocycles. The van der Waals surface area contributed by atoms with Crippen LogP contribution in [0.1, 0.15) is 11.9 Å². The van der Waals surface area contributed by atoms with E-state index in [9.17, 15) is 9.59 Å². The van der Waals surface area contributed by atoms with Crippen molar-refractivity contribution in [2.24, 2.45) is 11.1 Å². The van der Waals surface area contributed by atoms with Gasteiger partial charge in [0.25, 0.3) is 0 Å². The molecule has 2 N–H and O–H groups in total. The summed E-state index contributed by atoms with van der Waals surface area (Å²) in [5.41, 5.74) is 5.56. The van der Waals surface area contributed by atoms with Gasteiger partial charge in [0, 0.05) is 30.9 Å². The number of halogens is 1. The van der Waals surface area contributed by atoms with E-state index in [-0.39, 0.29) is 23.7 Å². The number of alkyl halides is 1. The lowest BCUT2D eigenvalue weighted by Crippen LogP contribution is -2.72. The average molecular weight is 371 g/mol. The molecule has 8 heteroatoms. The van der Waals surface area contributed by atoms with E-state index in [2.05, 4.69) is 0 Å². The lowest BCUT2D eigenvalue weighted by Gasteiger charge is -2.52. The first-order chi connectivity index (χ1) is 11.5. The lowest BCUT2D eigenvalue weighted by atomic mass is 9.89. The van der Waals surface area contributed by atoms with Crippen molar-refractivity contribution in [3.63, 3.8) is 0 Å². The average Bonchev–Trinajstić information content (AvgIpc) is 2.65. The van der Waals surface area contributed by atoms with Crippen molar-refractivity contribution in [1.29, 1.82) is 0 Å². The van der Waals surface area contributed by atoms with Crippen molar-refractivity contribution < 1.29 is 19.1 Å². The summed E-state index contributed by atoms with van der Waals surface area (Å²) < 4.78 is 10.9. The van der Waals surface area contributed by atoms with Gasteiger partial charge in [0.15, 0.2) is 0 Å². The fourth-order valence-electron chi connectivity index (χ4n) is 2.87. The molecule has 4 atom stereocenters. The van der Waals surface area contributed by atoms with Crippen LogP contribution < -0.4 is 5.73 Å². The van der Waals surface area contributed by atoms with Crippen molar-refractivity contribution in [3.05, 3.63) is 35.9 Å². The summed E-state index contributed by atoms with van der Waals surface area (Å²) >= 11 is 7.57. The normalized spacial score (nSPS) is 30.3. The third-order valence-corrected chi connectivity index (χ3v) is 6.49. The maximum atomic E-state index is 12.8. The number of carbonyl (C=O) groups excluding carboxylic acids is 2. The van der Waals surface area contributed by atoms with Crippen molar-refractivity contribution in [1.82, 2.24) is 4.90 Å². The van der Waals surface area contributed by atoms with Crippen molar-refractivity contribution >= 4 is 35.2 Å². The number of carbonyl (C=O) groups is 2. The molecular weight excluding hydrogens is 352 g/mol. The highest BCUT2D eigenvalue weighted by Gasteiger charge is 2.56. The number of esters is 1. The molecule has 2 aliphatic heterocycles. The van der Waals surface area contributed by atoms with Crippen molar-refractivity contribution in [2.75, 3.05) is 25.3 Å². The number of nitrogens with two attached hydrogens (primary N) is 1. The molecule has 3 rings (SSSR count). The number of rotatable bonds is 5. The van der Waals surface area contributed by atoms with Gasteiger partial charge in [0.05, 0.1) is 0 Å². The second-order valence-electron chi connectivity index (χ2n) is 5.99. The zero-order valence-corrected chi connectivity index (χ0v) is 14.8. The van der Waals surface area contributed by atoms with E-state index in [4.69, 9.17) is 26.8 Å². The number of amides is 1. The number of hydrogen-bond acceptors (Lipinski definition) is 6. The first kappa shape index (κ1) is 17.5. The summed E-state index contributed by atoms with van der Waals surface area (Å²) in [5.74, 6) is -0.0911. The molecule has 2 fully saturated rings. The molecule has 1 aromatic rings. The number of ether oxygens (including phenoxy) is 2. The van der Waals surface area contributed by atoms with Crippen LogP contribution in [0.2, 0.25) is 0 Å². The molecule has 1 amide bonds. The van der Waals surface area contributed by atoms with Crippen molar-refractivity contribution in [2.45, 2.75) is 17.7 Å².